The highest BCUT2D eigenvalue weighted by Crippen LogP contribution is 2.25. The zero-order valence-electron chi connectivity index (χ0n) is 20.6. The van der Waals surface area contributed by atoms with Crippen molar-refractivity contribution in [2.24, 2.45) is 0 Å². The molecule has 0 aliphatic rings. The van der Waals surface area contributed by atoms with E-state index in [0.717, 1.165) is 9.87 Å². The van der Waals surface area contributed by atoms with Gasteiger partial charge in [-0.2, -0.15) is 0 Å². The Morgan fingerprint density at radius 1 is 0.917 bits per heavy atom. The Bertz CT molecular complexity index is 1250. The Kier molecular flexibility index (Phi) is 9.08. The van der Waals surface area contributed by atoms with Gasteiger partial charge in [-0.1, -0.05) is 48.5 Å². The zero-order valence-corrected chi connectivity index (χ0v) is 21.4. The van der Waals surface area contributed by atoms with Crippen molar-refractivity contribution in [3.63, 3.8) is 0 Å². The molecule has 3 rings (SSSR count). The summed E-state index contributed by atoms with van der Waals surface area (Å²) in [6.07, 6.45) is 0. The number of ether oxygens (including phenoxy) is 1. The van der Waals surface area contributed by atoms with Crippen LogP contribution in [0.15, 0.2) is 89.8 Å². The predicted octanol–water partition coefficient (Wildman–Crippen LogP) is 3.44. The van der Waals surface area contributed by atoms with Crippen LogP contribution in [0.25, 0.3) is 0 Å². The minimum Gasteiger partial charge on any atom is -0.497 e. The molecule has 0 fully saturated rings. The predicted molar refractivity (Wildman–Crippen MR) is 139 cm³/mol. The quantitative estimate of drug-likeness (QED) is 0.427. The second kappa shape index (κ2) is 12.2. The summed E-state index contributed by atoms with van der Waals surface area (Å²) in [6.45, 7) is 3.53. The Morgan fingerprint density at radius 3 is 2.06 bits per heavy atom. The van der Waals surface area contributed by atoms with Crippen LogP contribution in [0.4, 0.5) is 5.69 Å². The second-order valence-corrected chi connectivity index (χ2v) is 9.96. The fraction of sp³-hybridized carbons (Fsp3) is 0.259. The van der Waals surface area contributed by atoms with E-state index in [4.69, 9.17) is 4.74 Å². The molecule has 0 saturated carbocycles. The minimum absolute atomic E-state index is 0.0198. The number of anilines is 1. The molecule has 0 radical (unpaired) electrons. The standard InChI is InChI=1S/C27H31N3O5S/c1-4-28-27(32)21(2)29(19-22-11-7-5-8-12-22)26(31)20-30(23-13-9-6-10-14-23)36(33,34)25-17-15-24(35-3)16-18-25/h5-18,21H,4,19-20H2,1-3H3,(H,28,32)/t21-/m0/s1. The van der Waals surface area contributed by atoms with Crippen molar-refractivity contribution in [1.82, 2.24) is 10.2 Å². The van der Waals surface area contributed by atoms with E-state index in [2.05, 4.69) is 5.32 Å². The minimum atomic E-state index is -4.11. The van der Waals surface area contributed by atoms with E-state index >= 15 is 0 Å². The maximum Gasteiger partial charge on any atom is 0.264 e. The average molecular weight is 510 g/mol. The number of carbonyl (C=O) groups excluding carboxylic acids is 2. The topological polar surface area (TPSA) is 96.0 Å². The lowest BCUT2D eigenvalue weighted by Gasteiger charge is -2.32. The van der Waals surface area contributed by atoms with Crippen LogP contribution in [0.3, 0.4) is 0 Å². The van der Waals surface area contributed by atoms with Gasteiger partial charge in [0.25, 0.3) is 10.0 Å². The van der Waals surface area contributed by atoms with Crippen LogP contribution < -0.4 is 14.4 Å². The number of sulfonamides is 1. The Hall–Kier alpha value is -3.85. The molecule has 0 aromatic heterocycles. The number of carbonyl (C=O) groups is 2. The van der Waals surface area contributed by atoms with Crippen LogP contribution in [0.5, 0.6) is 5.75 Å². The van der Waals surface area contributed by atoms with Crippen molar-refractivity contribution in [2.75, 3.05) is 24.5 Å². The average Bonchev–Trinajstić information content (AvgIpc) is 2.91. The van der Waals surface area contributed by atoms with Crippen LogP contribution >= 0.6 is 0 Å². The Labute approximate surface area is 212 Å². The van der Waals surface area contributed by atoms with Crippen LogP contribution in [0.1, 0.15) is 19.4 Å². The van der Waals surface area contributed by atoms with Gasteiger partial charge < -0.3 is 15.0 Å². The highest BCUT2D eigenvalue weighted by Gasteiger charge is 2.32. The van der Waals surface area contributed by atoms with Crippen LogP contribution in [-0.2, 0) is 26.2 Å². The van der Waals surface area contributed by atoms with Gasteiger partial charge in [0.2, 0.25) is 11.8 Å². The first-order valence-electron chi connectivity index (χ1n) is 11.6. The van der Waals surface area contributed by atoms with E-state index in [0.29, 0.717) is 18.0 Å². The van der Waals surface area contributed by atoms with Gasteiger partial charge in [0.05, 0.1) is 17.7 Å². The number of nitrogens with one attached hydrogen (secondary N) is 1. The summed E-state index contributed by atoms with van der Waals surface area (Å²) in [7, 11) is -2.61. The molecular weight excluding hydrogens is 478 g/mol. The molecule has 3 aromatic rings. The first-order valence-corrected chi connectivity index (χ1v) is 13.0. The lowest BCUT2D eigenvalue weighted by molar-refractivity contribution is -0.139. The van der Waals surface area contributed by atoms with E-state index in [9.17, 15) is 18.0 Å². The molecule has 0 aliphatic carbocycles. The molecule has 0 bridgehead atoms. The van der Waals surface area contributed by atoms with Gasteiger partial charge in [-0.05, 0) is 55.8 Å². The monoisotopic (exact) mass is 509 g/mol. The SMILES string of the molecule is CCNC(=O)[C@H](C)N(Cc1ccccc1)C(=O)CN(c1ccccc1)S(=O)(=O)c1ccc(OC)cc1. The summed E-state index contributed by atoms with van der Waals surface area (Å²) in [5, 5.41) is 2.74. The lowest BCUT2D eigenvalue weighted by Crippen LogP contribution is -2.51. The number of hydrogen-bond acceptors (Lipinski definition) is 5. The molecule has 9 heteroatoms. The number of methoxy groups -OCH3 is 1. The molecule has 0 unspecified atom stereocenters. The molecule has 0 spiro atoms. The number of likely N-dealkylation sites (N-methyl/N-ethyl adjacent to an activating group) is 1. The van der Waals surface area contributed by atoms with Crippen LogP contribution in [0.2, 0.25) is 0 Å². The molecule has 0 heterocycles. The fourth-order valence-corrected chi connectivity index (χ4v) is 5.10. The van der Waals surface area contributed by atoms with Gasteiger partial charge in [0, 0.05) is 13.1 Å². The second-order valence-electron chi connectivity index (χ2n) is 8.10. The van der Waals surface area contributed by atoms with Crippen molar-refractivity contribution < 1.29 is 22.7 Å². The molecule has 1 N–H and O–H groups in total. The van der Waals surface area contributed by atoms with Crippen molar-refractivity contribution in [2.45, 2.75) is 31.3 Å². The summed E-state index contributed by atoms with van der Waals surface area (Å²) in [5.74, 6) is -0.300. The van der Waals surface area contributed by atoms with Crippen LogP contribution in [-0.4, -0.2) is 51.4 Å². The van der Waals surface area contributed by atoms with Crippen molar-refractivity contribution in [3.8, 4) is 5.75 Å². The molecular formula is C27H31N3O5S. The zero-order chi connectivity index (χ0) is 26.1. The summed E-state index contributed by atoms with van der Waals surface area (Å²) >= 11 is 0. The van der Waals surface area contributed by atoms with Gasteiger partial charge in [-0.15, -0.1) is 0 Å². The number of nitrogens with zero attached hydrogens (tertiary/aromatic N) is 2. The van der Waals surface area contributed by atoms with E-state index in [1.165, 1.54) is 24.1 Å². The van der Waals surface area contributed by atoms with Crippen LogP contribution in [0, 0.1) is 0 Å². The maximum atomic E-state index is 13.7. The number of amides is 2. The third kappa shape index (κ3) is 6.42. The molecule has 0 aliphatic heterocycles. The first kappa shape index (κ1) is 26.7. The Morgan fingerprint density at radius 2 is 1.50 bits per heavy atom. The van der Waals surface area contributed by atoms with Crippen molar-refractivity contribution in [1.29, 1.82) is 0 Å². The van der Waals surface area contributed by atoms with E-state index in [1.54, 1.807) is 56.3 Å². The molecule has 2 amide bonds. The molecule has 1 atom stereocenters. The summed E-state index contributed by atoms with van der Waals surface area (Å²) < 4.78 is 33.6. The van der Waals surface area contributed by atoms with Gasteiger partial charge in [-0.3, -0.25) is 13.9 Å². The van der Waals surface area contributed by atoms with E-state index in [1.807, 2.05) is 30.3 Å². The normalized spacial score (nSPS) is 11.9. The molecule has 36 heavy (non-hydrogen) atoms. The molecule has 0 saturated heterocycles. The number of benzene rings is 3. The number of para-hydroxylation sites is 1. The van der Waals surface area contributed by atoms with Gasteiger partial charge in [0.1, 0.15) is 18.3 Å². The Balaban J connectivity index is 1.99. The van der Waals surface area contributed by atoms with Gasteiger partial charge in [0.15, 0.2) is 0 Å². The van der Waals surface area contributed by atoms with Gasteiger partial charge >= 0.3 is 0 Å². The highest BCUT2D eigenvalue weighted by molar-refractivity contribution is 7.92. The van der Waals surface area contributed by atoms with Gasteiger partial charge in [-0.25, -0.2) is 8.42 Å². The number of hydrogen-bond donors (Lipinski definition) is 1. The van der Waals surface area contributed by atoms with E-state index < -0.39 is 28.5 Å². The smallest absolute Gasteiger partial charge is 0.264 e. The molecule has 190 valence electrons. The molecule has 8 nitrogen and oxygen atoms in total. The largest absolute Gasteiger partial charge is 0.497 e. The lowest BCUT2D eigenvalue weighted by atomic mass is 10.1. The first-order chi connectivity index (χ1) is 17.3. The summed E-state index contributed by atoms with van der Waals surface area (Å²) in [5.41, 5.74) is 1.17. The van der Waals surface area contributed by atoms with E-state index in [-0.39, 0.29) is 17.3 Å². The third-order valence-electron chi connectivity index (χ3n) is 5.68. The summed E-state index contributed by atoms with van der Waals surface area (Å²) in [4.78, 5) is 27.8. The fourth-order valence-electron chi connectivity index (χ4n) is 3.68. The third-order valence-corrected chi connectivity index (χ3v) is 7.47. The number of rotatable bonds is 11. The molecule has 3 aromatic carbocycles. The van der Waals surface area contributed by atoms with Crippen molar-refractivity contribution in [3.05, 3.63) is 90.5 Å². The highest BCUT2D eigenvalue weighted by atomic mass is 32.2. The van der Waals surface area contributed by atoms with Crippen molar-refractivity contribution >= 4 is 27.5 Å². The maximum absolute atomic E-state index is 13.7. The summed E-state index contributed by atoms with van der Waals surface area (Å²) in [6, 6.07) is 22.9.